The molecule has 1 unspecified atom stereocenters. The van der Waals surface area contributed by atoms with Crippen molar-refractivity contribution in [3.05, 3.63) is 72.9 Å². The quantitative estimate of drug-likeness (QED) is 0.0346. The van der Waals surface area contributed by atoms with Gasteiger partial charge in [0.2, 0.25) is 0 Å². The van der Waals surface area contributed by atoms with E-state index in [0.29, 0.717) is 19.4 Å². The maximum Gasteiger partial charge on any atom is 0.306 e. The molecule has 1 atom stereocenters. The average Bonchev–Trinajstić information content (AvgIpc) is 3.27. The van der Waals surface area contributed by atoms with E-state index in [1.165, 1.54) is 135 Å². The van der Waals surface area contributed by atoms with E-state index in [1.54, 1.807) is 0 Å². The van der Waals surface area contributed by atoms with Crippen LogP contribution in [-0.2, 0) is 23.8 Å². The SMILES string of the molecule is CC/C=C\C/C=C\C/C=C\C/C=C\CCCOCC(COC(=O)CCCCCCCCCCCCCCCCCCC)OC(=O)CCCCCCC/C=C\C/C=C\CCCCC. The summed E-state index contributed by atoms with van der Waals surface area (Å²) in [5.41, 5.74) is 0. The van der Waals surface area contributed by atoms with Crippen molar-refractivity contribution >= 4 is 11.9 Å². The Morgan fingerprint density at radius 2 is 0.726 bits per heavy atom. The van der Waals surface area contributed by atoms with E-state index in [-0.39, 0.29) is 25.2 Å². The molecule has 0 aromatic rings. The predicted octanol–water partition coefficient (Wildman–Crippen LogP) is 17.9. The molecule has 0 aliphatic heterocycles. The van der Waals surface area contributed by atoms with Gasteiger partial charge in [0, 0.05) is 19.4 Å². The van der Waals surface area contributed by atoms with Gasteiger partial charge in [-0.15, -0.1) is 0 Å². The third-order valence-corrected chi connectivity index (χ3v) is 11.2. The lowest BCUT2D eigenvalue weighted by molar-refractivity contribution is -0.163. The highest BCUT2D eigenvalue weighted by molar-refractivity contribution is 5.70. The topological polar surface area (TPSA) is 61.8 Å². The minimum absolute atomic E-state index is 0.0581. The van der Waals surface area contributed by atoms with Crippen molar-refractivity contribution in [2.24, 2.45) is 0 Å². The Morgan fingerprint density at radius 1 is 0.371 bits per heavy atom. The number of rotatable bonds is 48. The number of allylic oxidation sites excluding steroid dienone is 12. The minimum atomic E-state index is -0.572. The molecule has 0 rings (SSSR count). The van der Waals surface area contributed by atoms with Crippen LogP contribution in [0.3, 0.4) is 0 Å². The van der Waals surface area contributed by atoms with Gasteiger partial charge in [-0.3, -0.25) is 9.59 Å². The van der Waals surface area contributed by atoms with Gasteiger partial charge in [0.05, 0.1) is 6.61 Å². The van der Waals surface area contributed by atoms with Gasteiger partial charge in [-0.1, -0.05) is 229 Å². The molecule has 0 heterocycles. The van der Waals surface area contributed by atoms with Crippen LogP contribution < -0.4 is 0 Å². The standard InChI is InChI=1S/C57H100O5/c1-4-7-10-13-16-19-22-25-28-29-31-32-35-38-41-44-47-50-56(58)61-54-55(53-60-52-49-46-43-40-37-34-27-24-21-18-15-12-9-6-3)62-57(59)51-48-45-42-39-36-33-30-26-23-20-17-14-11-8-5-2/h9,12,17-18,20-21,26-27,30,34,40,43,55H,4-8,10-11,13-16,19,22-25,28-29,31-33,35-39,41-42,44-54H2,1-3H3/b12-9-,20-17-,21-18-,30-26-,34-27-,43-40-. The molecular formula is C57H100O5. The first-order valence-corrected chi connectivity index (χ1v) is 26.5. The fraction of sp³-hybridized carbons (Fsp3) is 0.754. The lowest BCUT2D eigenvalue weighted by atomic mass is 10.0. The van der Waals surface area contributed by atoms with Crippen molar-refractivity contribution < 1.29 is 23.8 Å². The van der Waals surface area contributed by atoms with E-state index in [0.717, 1.165) is 83.5 Å². The Balaban J connectivity index is 4.33. The van der Waals surface area contributed by atoms with E-state index in [9.17, 15) is 9.59 Å². The number of hydrogen-bond donors (Lipinski definition) is 0. The monoisotopic (exact) mass is 865 g/mol. The molecule has 5 heteroatoms. The van der Waals surface area contributed by atoms with E-state index in [1.807, 2.05) is 0 Å². The molecule has 358 valence electrons. The zero-order valence-electron chi connectivity index (χ0n) is 41.1. The van der Waals surface area contributed by atoms with Crippen LogP contribution in [0.2, 0.25) is 0 Å². The van der Waals surface area contributed by atoms with E-state index < -0.39 is 6.10 Å². The second kappa shape index (κ2) is 52.7. The van der Waals surface area contributed by atoms with Crippen molar-refractivity contribution in [3.8, 4) is 0 Å². The highest BCUT2D eigenvalue weighted by atomic mass is 16.6. The van der Waals surface area contributed by atoms with Crippen molar-refractivity contribution in [2.75, 3.05) is 19.8 Å². The Labute approximate surface area is 385 Å². The molecule has 0 aliphatic rings. The van der Waals surface area contributed by atoms with Crippen molar-refractivity contribution in [2.45, 2.75) is 258 Å². The Kier molecular flexibility index (Phi) is 50.4. The summed E-state index contributed by atoms with van der Waals surface area (Å²) in [6.45, 7) is 7.56. The molecule has 0 aliphatic carbocycles. The number of hydrogen-bond acceptors (Lipinski definition) is 5. The van der Waals surface area contributed by atoms with Crippen LogP contribution in [0.25, 0.3) is 0 Å². The lowest BCUT2D eigenvalue weighted by Gasteiger charge is -2.18. The molecule has 0 amide bonds. The van der Waals surface area contributed by atoms with Crippen LogP contribution >= 0.6 is 0 Å². The fourth-order valence-corrected chi connectivity index (χ4v) is 7.31. The molecule has 0 saturated carbocycles. The van der Waals surface area contributed by atoms with Crippen molar-refractivity contribution in [3.63, 3.8) is 0 Å². The second-order valence-corrected chi connectivity index (χ2v) is 17.4. The van der Waals surface area contributed by atoms with Gasteiger partial charge in [0.1, 0.15) is 6.61 Å². The smallest absolute Gasteiger partial charge is 0.306 e. The zero-order valence-corrected chi connectivity index (χ0v) is 41.1. The highest BCUT2D eigenvalue weighted by Crippen LogP contribution is 2.15. The average molecular weight is 865 g/mol. The summed E-state index contributed by atoms with van der Waals surface area (Å²) >= 11 is 0. The van der Waals surface area contributed by atoms with E-state index >= 15 is 0 Å². The first-order valence-electron chi connectivity index (χ1n) is 26.5. The van der Waals surface area contributed by atoms with Crippen LogP contribution in [0.5, 0.6) is 0 Å². The van der Waals surface area contributed by atoms with Crippen LogP contribution in [0.1, 0.15) is 252 Å². The van der Waals surface area contributed by atoms with Gasteiger partial charge in [-0.25, -0.2) is 0 Å². The summed E-state index contributed by atoms with van der Waals surface area (Å²) in [7, 11) is 0. The fourth-order valence-electron chi connectivity index (χ4n) is 7.31. The maximum absolute atomic E-state index is 12.8. The third-order valence-electron chi connectivity index (χ3n) is 11.2. The van der Waals surface area contributed by atoms with Crippen LogP contribution in [0.4, 0.5) is 0 Å². The number of esters is 2. The minimum Gasteiger partial charge on any atom is -0.462 e. The molecule has 62 heavy (non-hydrogen) atoms. The van der Waals surface area contributed by atoms with Gasteiger partial charge in [-0.05, 0) is 83.5 Å². The molecule has 0 fully saturated rings. The number of carbonyl (C=O) groups excluding carboxylic acids is 2. The van der Waals surface area contributed by atoms with Crippen LogP contribution in [0.15, 0.2) is 72.9 Å². The highest BCUT2D eigenvalue weighted by Gasteiger charge is 2.17. The number of ether oxygens (including phenoxy) is 3. The normalized spacial score (nSPS) is 12.8. The summed E-state index contributed by atoms with van der Waals surface area (Å²) in [6.07, 6.45) is 67.8. The van der Waals surface area contributed by atoms with E-state index in [4.69, 9.17) is 14.2 Å². The van der Waals surface area contributed by atoms with Crippen molar-refractivity contribution in [1.29, 1.82) is 0 Å². The third kappa shape index (κ3) is 50.0. The van der Waals surface area contributed by atoms with E-state index in [2.05, 4.69) is 93.7 Å². The summed E-state index contributed by atoms with van der Waals surface area (Å²) in [4.78, 5) is 25.4. The van der Waals surface area contributed by atoms with Crippen molar-refractivity contribution in [1.82, 2.24) is 0 Å². The largest absolute Gasteiger partial charge is 0.462 e. The predicted molar refractivity (Wildman–Crippen MR) is 270 cm³/mol. The van der Waals surface area contributed by atoms with Gasteiger partial charge < -0.3 is 14.2 Å². The van der Waals surface area contributed by atoms with Gasteiger partial charge in [0.25, 0.3) is 0 Å². The molecule has 0 N–H and O–H groups in total. The lowest BCUT2D eigenvalue weighted by Crippen LogP contribution is -2.30. The first kappa shape index (κ1) is 59.3. The number of carbonyl (C=O) groups is 2. The van der Waals surface area contributed by atoms with Gasteiger partial charge in [-0.2, -0.15) is 0 Å². The zero-order chi connectivity index (χ0) is 44.9. The Bertz CT molecular complexity index is 1110. The first-order chi connectivity index (χ1) is 30.6. The molecule has 0 bridgehead atoms. The number of unbranched alkanes of at least 4 members (excludes halogenated alkanes) is 25. The maximum atomic E-state index is 12.8. The molecule has 0 aromatic carbocycles. The molecule has 5 nitrogen and oxygen atoms in total. The summed E-state index contributed by atoms with van der Waals surface area (Å²) in [5.74, 6) is -0.437. The summed E-state index contributed by atoms with van der Waals surface area (Å²) in [6, 6.07) is 0. The van der Waals surface area contributed by atoms with Crippen LogP contribution in [-0.4, -0.2) is 37.9 Å². The molecule has 0 aromatic heterocycles. The second-order valence-electron chi connectivity index (χ2n) is 17.4. The Morgan fingerprint density at radius 3 is 1.19 bits per heavy atom. The van der Waals surface area contributed by atoms with Gasteiger partial charge >= 0.3 is 11.9 Å². The molecule has 0 radical (unpaired) electrons. The summed E-state index contributed by atoms with van der Waals surface area (Å²) in [5, 5.41) is 0. The Hall–Kier alpha value is -2.66. The summed E-state index contributed by atoms with van der Waals surface area (Å²) < 4.78 is 17.3. The van der Waals surface area contributed by atoms with Gasteiger partial charge in [0.15, 0.2) is 6.10 Å². The molecular weight excluding hydrogens is 765 g/mol. The van der Waals surface area contributed by atoms with Crippen LogP contribution in [0, 0.1) is 0 Å². The molecule has 0 spiro atoms. The molecule has 0 saturated heterocycles.